The Kier molecular flexibility index (Phi) is 22.1. The SMILES string of the molecule is CCCCCCCCCCCCCC(CCCCCCCCCCCC)C[N+](C)(C)C(C)(C)C(=O)[O-]. The largest absolute Gasteiger partial charge is 0.544 e. The molecule has 0 bridgehead atoms. The molecule has 0 amide bonds. The lowest BCUT2D eigenvalue weighted by atomic mass is 9.90. The number of quaternary nitrogens is 1. The molecule has 0 aliphatic carbocycles. The van der Waals surface area contributed by atoms with Gasteiger partial charge >= 0.3 is 0 Å². The fourth-order valence-electron chi connectivity index (χ4n) is 5.47. The first-order valence-electron chi connectivity index (χ1n) is 16.2. The molecule has 0 rings (SSSR count). The van der Waals surface area contributed by atoms with E-state index in [1.165, 1.54) is 148 Å². The van der Waals surface area contributed by atoms with Crippen LogP contribution in [-0.4, -0.2) is 36.6 Å². The molecule has 0 heterocycles. The average Bonchev–Trinajstić information content (AvgIpc) is 2.83. The summed E-state index contributed by atoms with van der Waals surface area (Å²) in [6.45, 7) is 9.18. The highest BCUT2D eigenvalue weighted by Gasteiger charge is 2.39. The van der Waals surface area contributed by atoms with Gasteiger partial charge in [-0.2, -0.15) is 0 Å². The summed E-state index contributed by atoms with van der Waals surface area (Å²) in [7, 11) is 4.17. The molecule has 216 valence electrons. The van der Waals surface area contributed by atoms with Crippen LogP contribution in [0.5, 0.6) is 0 Å². The highest BCUT2D eigenvalue weighted by Crippen LogP contribution is 2.27. The Labute approximate surface area is 227 Å². The minimum atomic E-state index is -0.931. The number of carboxylic acids is 1. The quantitative estimate of drug-likeness (QED) is 0.0817. The van der Waals surface area contributed by atoms with Gasteiger partial charge in [0.2, 0.25) is 0 Å². The molecule has 0 aromatic heterocycles. The van der Waals surface area contributed by atoms with Gasteiger partial charge in [-0.1, -0.05) is 149 Å². The summed E-state index contributed by atoms with van der Waals surface area (Å²) >= 11 is 0. The van der Waals surface area contributed by atoms with Crippen molar-refractivity contribution in [2.45, 2.75) is 181 Å². The Hall–Kier alpha value is -0.570. The van der Waals surface area contributed by atoms with Crippen LogP contribution in [0, 0.1) is 5.92 Å². The minimum Gasteiger partial charge on any atom is -0.544 e. The Morgan fingerprint density at radius 1 is 0.583 bits per heavy atom. The van der Waals surface area contributed by atoms with Crippen molar-refractivity contribution in [3.63, 3.8) is 0 Å². The summed E-state index contributed by atoms with van der Waals surface area (Å²) in [4.78, 5) is 11.8. The van der Waals surface area contributed by atoms with Gasteiger partial charge in [-0.05, 0) is 26.7 Å². The molecule has 3 nitrogen and oxygen atoms in total. The van der Waals surface area contributed by atoms with Crippen molar-refractivity contribution in [1.29, 1.82) is 0 Å². The van der Waals surface area contributed by atoms with Gasteiger partial charge < -0.3 is 14.4 Å². The van der Waals surface area contributed by atoms with Crippen molar-refractivity contribution < 1.29 is 14.4 Å². The number of unbranched alkanes of at least 4 members (excludes halogenated alkanes) is 19. The molecule has 0 aromatic rings. The number of hydrogen-bond donors (Lipinski definition) is 0. The smallest absolute Gasteiger partial charge is 0.133 e. The first kappa shape index (κ1) is 35.4. The molecule has 0 radical (unpaired) electrons. The van der Waals surface area contributed by atoms with E-state index < -0.39 is 11.5 Å². The second kappa shape index (κ2) is 22.4. The molecule has 0 N–H and O–H groups in total. The van der Waals surface area contributed by atoms with Crippen molar-refractivity contribution in [2.75, 3.05) is 20.6 Å². The number of likely N-dealkylation sites (N-methyl/N-ethyl adjacent to an activating group) is 1. The van der Waals surface area contributed by atoms with E-state index in [0.29, 0.717) is 10.4 Å². The van der Waals surface area contributed by atoms with Crippen molar-refractivity contribution in [3.8, 4) is 0 Å². The van der Waals surface area contributed by atoms with Crippen LogP contribution in [0.15, 0.2) is 0 Å². The minimum absolute atomic E-state index is 0.510. The number of hydrogen-bond acceptors (Lipinski definition) is 2. The maximum Gasteiger partial charge on any atom is 0.133 e. The number of rotatable bonds is 27. The third-order valence-electron chi connectivity index (χ3n) is 8.91. The zero-order valence-corrected chi connectivity index (χ0v) is 25.8. The average molecular weight is 510 g/mol. The number of carboxylic acid groups (broad SMARTS) is 1. The van der Waals surface area contributed by atoms with Gasteiger partial charge in [-0.3, -0.25) is 0 Å². The van der Waals surface area contributed by atoms with E-state index in [0.717, 1.165) is 6.54 Å². The first-order chi connectivity index (χ1) is 17.2. The maximum atomic E-state index is 11.8. The molecule has 0 fully saturated rings. The summed E-state index contributed by atoms with van der Waals surface area (Å²) in [6.07, 6.45) is 31.4. The van der Waals surface area contributed by atoms with Gasteiger partial charge in [-0.25, -0.2) is 0 Å². The predicted molar refractivity (Wildman–Crippen MR) is 157 cm³/mol. The summed E-state index contributed by atoms with van der Waals surface area (Å²) in [5, 5.41) is 11.8. The normalized spacial score (nSPS) is 13.3. The summed E-state index contributed by atoms with van der Waals surface area (Å²) in [5.74, 6) is -0.314. The van der Waals surface area contributed by atoms with E-state index >= 15 is 0 Å². The Morgan fingerprint density at radius 3 is 1.14 bits per heavy atom. The van der Waals surface area contributed by atoms with E-state index in [-0.39, 0.29) is 0 Å². The van der Waals surface area contributed by atoms with E-state index in [1.54, 1.807) is 0 Å². The monoisotopic (exact) mass is 510 g/mol. The lowest BCUT2D eigenvalue weighted by Gasteiger charge is -2.46. The highest BCUT2D eigenvalue weighted by molar-refractivity contribution is 5.73. The molecule has 0 aliphatic rings. The van der Waals surface area contributed by atoms with Crippen molar-refractivity contribution in [2.24, 2.45) is 5.92 Å². The van der Waals surface area contributed by atoms with Gasteiger partial charge in [0.15, 0.2) is 0 Å². The fraction of sp³-hybridized carbons (Fsp3) is 0.970. The highest BCUT2D eigenvalue weighted by atomic mass is 16.4. The second-order valence-corrected chi connectivity index (χ2v) is 12.9. The molecule has 0 aliphatic heterocycles. The van der Waals surface area contributed by atoms with Gasteiger partial charge in [0.25, 0.3) is 0 Å². The fourth-order valence-corrected chi connectivity index (χ4v) is 5.47. The Balaban J connectivity index is 4.30. The zero-order valence-electron chi connectivity index (χ0n) is 25.8. The van der Waals surface area contributed by atoms with Crippen LogP contribution >= 0.6 is 0 Å². The van der Waals surface area contributed by atoms with E-state index in [9.17, 15) is 9.90 Å². The molecular formula is C33H67NO2. The molecule has 0 saturated heterocycles. The van der Waals surface area contributed by atoms with E-state index in [4.69, 9.17) is 0 Å². The van der Waals surface area contributed by atoms with Gasteiger partial charge in [0.05, 0.1) is 20.6 Å². The second-order valence-electron chi connectivity index (χ2n) is 12.9. The first-order valence-corrected chi connectivity index (χ1v) is 16.2. The van der Waals surface area contributed by atoms with Gasteiger partial charge in [-0.15, -0.1) is 0 Å². The van der Waals surface area contributed by atoms with Crippen LogP contribution in [0.2, 0.25) is 0 Å². The number of nitrogens with zero attached hydrogens (tertiary/aromatic N) is 1. The van der Waals surface area contributed by atoms with Gasteiger partial charge in [0.1, 0.15) is 11.5 Å². The van der Waals surface area contributed by atoms with Crippen LogP contribution in [0.4, 0.5) is 0 Å². The van der Waals surface area contributed by atoms with Gasteiger partial charge in [0, 0.05) is 5.92 Å². The third-order valence-corrected chi connectivity index (χ3v) is 8.91. The molecule has 1 atom stereocenters. The molecule has 0 saturated carbocycles. The summed E-state index contributed by atoms with van der Waals surface area (Å²) < 4.78 is 0.510. The molecule has 36 heavy (non-hydrogen) atoms. The predicted octanol–water partition coefficient (Wildman–Crippen LogP) is 9.22. The number of carbonyl (C=O) groups excluding carboxylic acids is 1. The van der Waals surface area contributed by atoms with E-state index in [1.807, 2.05) is 13.8 Å². The molecular weight excluding hydrogens is 442 g/mol. The summed E-state index contributed by atoms with van der Waals surface area (Å²) in [6, 6.07) is 0. The summed E-state index contributed by atoms with van der Waals surface area (Å²) in [5.41, 5.74) is -0.854. The van der Waals surface area contributed by atoms with Crippen LogP contribution < -0.4 is 5.11 Å². The third kappa shape index (κ3) is 17.8. The molecule has 0 aromatic carbocycles. The van der Waals surface area contributed by atoms with Crippen molar-refractivity contribution >= 4 is 5.97 Å². The maximum absolute atomic E-state index is 11.8. The Morgan fingerprint density at radius 2 is 0.861 bits per heavy atom. The Bertz CT molecular complexity index is 500. The topological polar surface area (TPSA) is 40.1 Å². The van der Waals surface area contributed by atoms with E-state index in [2.05, 4.69) is 27.9 Å². The lowest BCUT2D eigenvalue weighted by molar-refractivity contribution is -0.933. The van der Waals surface area contributed by atoms with Crippen LogP contribution in [0.25, 0.3) is 0 Å². The van der Waals surface area contributed by atoms with Crippen LogP contribution in [0.3, 0.4) is 0 Å². The van der Waals surface area contributed by atoms with Crippen molar-refractivity contribution in [3.05, 3.63) is 0 Å². The zero-order chi connectivity index (χ0) is 27.1. The molecule has 0 spiro atoms. The van der Waals surface area contributed by atoms with Crippen LogP contribution in [-0.2, 0) is 4.79 Å². The lowest BCUT2D eigenvalue weighted by Crippen LogP contribution is -2.65. The standard InChI is InChI=1S/C33H67NO2/c1-7-9-11-13-15-17-19-21-23-25-27-29-31(30-34(5,6)33(3,4)32(35)36)28-26-24-22-20-18-16-14-12-10-8-2/h31H,7-30H2,1-6H3. The van der Waals surface area contributed by atoms with Crippen LogP contribution in [0.1, 0.15) is 175 Å². The number of aliphatic carboxylic acids is 1. The molecule has 3 heteroatoms. The molecule has 1 unspecified atom stereocenters. The van der Waals surface area contributed by atoms with Crippen molar-refractivity contribution in [1.82, 2.24) is 0 Å². The number of carbonyl (C=O) groups is 1.